The van der Waals surface area contributed by atoms with E-state index in [1.54, 1.807) is 0 Å². The predicted molar refractivity (Wildman–Crippen MR) is 324 cm³/mol. The van der Waals surface area contributed by atoms with Crippen LogP contribution in [0.1, 0.15) is 0 Å². The summed E-state index contributed by atoms with van der Waals surface area (Å²) in [5.41, 5.74) is 16.1. The van der Waals surface area contributed by atoms with Crippen molar-refractivity contribution < 1.29 is 0 Å². The van der Waals surface area contributed by atoms with E-state index >= 15 is 0 Å². The molecule has 0 fully saturated rings. The van der Waals surface area contributed by atoms with E-state index in [-0.39, 0.29) is 0 Å². The van der Waals surface area contributed by atoms with Gasteiger partial charge in [-0.3, -0.25) is 0 Å². The second-order valence-corrected chi connectivity index (χ2v) is 21.9. The zero-order valence-electron chi connectivity index (χ0n) is 40.9. The molecule has 0 radical (unpaired) electrons. The smallest absolute Gasteiger partial charge is 0.160 e. The second kappa shape index (κ2) is 17.0. The van der Waals surface area contributed by atoms with Crippen molar-refractivity contribution in [1.82, 2.24) is 19.1 Å². The number of nitrogens with zero attached hydrogens (tertiary/aromatic N) is 4. The fourth-order valence-corrected chi connectivity index (χ4v) is 13.9. The Labute approximate surface area is 445 Å². The van der Waals surface area contributed by atoms with E-state index in [0.717, 1.165) is 61.5 Å². The van der Waals surface area contributed by atoms with E-state index in [2.05, 4.69) is 258 Å². The van der Waals surface area contributed by atoms with Crippen molar-refractivity contribution in [3.63, 3.8) is 0 Å². The monoisotopic (exact) mass is 1000 g/mol. The lowest BCUT2D eigenvalue weighted by Crippen LogP contribution is -2.01. The van der Waals surface area contributed by atoms with Crippen molar-refractivity contribution in [3.8, 4) is 67.5 Å². The van der Waals surface area contributed by atoms with E-state index in [0.29, 0.717) is 5.82 Å². The van der Waals surface area contributed by atoms with E-state index in [4.69, 9.17) is 9.97 Å². The van der Waals surface area contributed by atoms with Crippen LogP contribution in [0.15, 0.2) is 255 Å². The molecule has 0 unspecified atom stereocenters. The van der Waals surface area contributed by atoms with E-state index in [1.807, 2.05) is 28.7 Å². The van der Waals surface area contributed by atoms with Gasteiger partial charge in [0.25, 0.3) is 0 Å². The summed E-state index contributed by atoms with van der Waals surface area (Å²) in [7, 11) is 0. The van der Waals surface area contributed by atoms with Gasteiger partial charge in [0.15, 0.2) is 5.82 Å². The summed E-state index contributed by atoms with van der Waals surface area (Å²) in [6, 6.07) is 93.0. The third-order valence-electron chi connectivity index (χ3n) is 15.3. The fourth-order valence-electron chi connectivity index (χ4n) is 11.7. The first kappa shape index (κ1) is 43.0. The lowest BCUT2D eigenvalue weighted by molar-refractivity contribution is 1.13. The Bertz CT molecular complexity index is 4690. The molecule has 0 bridgehead atoms. The Kier molecular flexibility index (Phi) is 9.64. The molecule has 0 aliphatic rings. The summed E-state index contributed by atoms with van der Waals surface area (Å²) >= 11 is 3.72. The molecule has 0 atom stereocenters. The molecule has 76 heavy (non-hydrogen) atoms. The molecular formula is C70H42N4S2. The molecule has 0 aliphatic carbocycles. The molecule has 16 aromatic rings. The van der Waals surface area contributed by atoms with Crippen molar-refractivity contribution in [3.05, 3.63) is 255 Å². The van der Waals surface area contributed by atoms with Crippen LogP contribution in [0.4, 0.5) is 0 Å². The summed E-state index contributed by atoms with van der Waals surface area (Å²) in [6.45, 7) is 0. The van der Waals surface area contributed by atoms with Gasteiger partial charge in [0.2, 0.25) is 0 Å². The van der Waals surface area contributed by atoms with Gasteiger partial charge >= 0.3 is 0 Å². The van der Waals surface area contributed by atoms with E-state index in [9.17, 15) is 0 Å². The number of thiophene rings is 2. The quantitative estimate of drug-likeness (QED) is 0.159. The Morgan fingerprint density at radius 1 is 0.237 bits per heavy atom. The fraction of sp³-hybridized carbons (Fsp3) is 0. The highest BCUT2D eigenvalue weighted by molar-refractivity contribution is 7.26. The molecule has 5 heterocycles. The molecule has 11 aromatic carbocycles. The van der Waals surface area contributed by atoms with Crippen LogP contribution in [0.25, 0.3) is 151 Å². The zero-order chi connectivity index (χ0) is 49.8. The molecule has 5 aromatic heterocycles. The van der Waals surface area contributed by atoms with Crippen LogP contribution in [0, 0.1) is 0 Å². The van der Waals surface area contributed by atoms with Gasteiger partial charge in [-0.2, -0.15) is 0 Å². The van der Waals surface area contributed by atoms with Crippen LogP contribution in [-0.2, 0) is 0 Å². The maximum atomic E-state index is 5.43. The van der Waals surface area contributed by atoms with Gasteiger partial charge in [0.1, 0.15) is 0 Å². The highest BCUT2D eigenvalue weighted by atomic mass is 32.1. The van der Waals surface area contributed by atoms with Crippen molar-refractivity contribution >= 4 is 107 Å². The summed E-state index contributed by atoms with van der Waals surface area (Å²) in [4.78, 5) is 10.6. The van der Waals surface area contributed by atoms with E-state index in [1.165, 1.54) is 84.1 Å². The number of rotatable bonds is 7. The SMILES string of the molecule is c1ccc(-c2cc(-c3cc(-n4c5ccccc5c5cc(-c6ccc7sc8ccccc8c7c6)ccc54)cc(-n4c5ccccc5c5cc(-c6ccc7sc8ccccc8c7c6)ccc54)c3)nc(-c3ccccc3)n2)cc1. The summed E-state index contributed by atoms with van der Waals surface area (Å²) in [5.74, 6) is 0.681. The van der Waals surface area contributed by atoms with E-state index < -0.39 is 0 Å². The number of para-hydroxylation sites is 2. The first-order chi connectivity index (χ1) is 37.6. The number of aromatic nitrogens is 4. The van der Waals surface area contributed by atoms with Crippen LogP contribution < -0.4 is 0 Å². The normalized spacial score (nSPS) is 11.9. The molecule has 0 spiro atoms. The maximum absolute atomic E-state index is 5.43. The van der Waals surface area contributed by atoms with Gasteiger partial charge in [-0.25, -0.2) is 9.97 Å². The minimum atomic E-state index is 0.681. The first-order valence-corrected chi connectivity index (χ1v) is 27.3. The minimum absolute atomic E-state index is 0.681. The Morgan fingerprint density at radius 3 is 1.13 bits per heavy atom. The van der Waals surface area contributed by atoms with Gasteiger partial charge in [-0.15, -0.1) is 22.7 Å². The molecule has 6 heteroatoms. The van der Waals surface area contributed by atoms with Crippen molar-refractivity contribution in [2.24, 2.45) is 0 Å². The maximum Gasteiger partial charge on any atom is 0.160 e. The molecule has 0 N–H and O–H groups in total. The number of fused-ring (bicyclic) bond motifs is 12. The van der Waals surface area contributed by atoms with Crippen LogP contribution in [0.2, 0.25) is 0 Å². The molecule has 16 rings (SSSR count). The Morgan fingerprint density at radius 2 is 0.618 bits per heavy atom. The third kappa shape index (κ3) is 6.89. The number of hydrogen-bond donors (Lipinski definition) is 0. The Hall–Kier alpha value is -9.46. The standard InChI is InChI=1S/C70H42N4S2/c1-3-15-43(16-4-1)60-42-61(72-70(71-60)44-17-5-2-6-18-44)49-35-50(73-62-23-11-7-19-52(62)56-37-45(27-31-64(56)73)47-29-33-68-58(39-47)54-21-9-13-25-66(54)75-68)41-51(36-49)74-63-24-12-8-20-53(63)57-38-46(28-32-65(57)74)48-30-34-69-59(40-48)55-22-10-14-26-67(55)76-69/h1-42H. The topological polar surface area (TPSA) is 35.6 Å². The van der Waals surface area contributed by atoms with Gasteiger partial charge in [0, 0.05) is 90.0 Å². The summed E-state index contributed by atoms with van der Waals surface area (Å²) in [6.07, 6.45) is 0. The largest absolute Gasteiger partial charge is 0.309 e. The molecule has 4 nitrogen and oxygen atoms in total. The molecule has 0 saturated carbocycles. The average Bonchev–Trinajstić information content (AvgIpc) is 4.33. The highest BCUT2D eigenvalue weighted by Crippen LogP contribution is 2.43. The predicted octanol–water partition coefficient (Wildman–Crippen LogP) is 19.7. The molecule has 0 saturated heterocycles. The first-order valence-electron chi connectivity index (χ1n) is 25.7. The van der Waals surface area contributed by atoms with Crippen molar-refractivity contribution in [2.75, 3.05) is 0 Å². The summed E-state index contributed by atoms with van der Waals surface area (Å²) in [5, 5.41) is 10.0. The zero-order valence-corrected chi connectivity index (χ0v) is 42.5. The second-order valence-electron chi connectivity index (χ2n) is 19.7. The van der Waals surface area contributed by atoms with Gasteiger partial charge in [-0.05, 0) is 119 Å². The summed E-state index contributed by atoms with van der Waals surface area (Å²) < 4.78 is 10.1. The van der Waals surface area contributed by atoms with Gasteiger partial charge in [-0.1, -0.05) is 158 Å². The lowest BCUT2D eigenvalue weighted by Gasteiger charge is -2.16. The molecule has 0 amide bonds. The van der Waals surface area contributed by atoms with Crippen LogP contribution in [-0.4, -0.2) is 19.1 Å². The third-order valence-corrected chi connectivity index (χ3v) is 17.6. The van der Waals surface area contributed by atoms with Gasteiger partial charge in [0.05, 0.1) is 33.5 Å². The van der Waals surface area contributed by atoms with Crippen LogP contribution in [0.3, 0.4) is 0 Å². The average molecular weight is 1000 g/mol. The number of benzene rings is 11. The van der Waals surface area contributed by atoms with Crippen LogP contribution in [0.5, 0.6) is 0 Å². The molecule has 354 valence electrons. The van der Waals surface area contributed by atoms with Crippen molar-refractivity contribution in [2.45, 2.75) is 0 Å². The van der Waals surface area contributed by atoms with Crippen LogP contribution >= 0.6 is 22.7 Å². The Balaban J connectivity index is 0.931. The minimum Gasteiger partial charge on any atom is -0.309 e. The highest BCUT2D eigenvalue weighted by Gasteiger charge is 2.21. The van der Waals surface area contributed by atoms with Crippen molar-refractivity contribution in [1.29, 1.82) is 0 Å². The number of hydrogen-bond acceptors (Lipinski definition) is 4. The molecule has 0 aliphatic heterocycles. The molecular weight excluding hydrogens is 961 g/mol. The van der Waals surface area contributed by atoms with Gasteiger partial charge < -0.3 is 9.13 Å². The lowest BCUT2D eigenvalue weighted by atomic mass is 10.0.